The number of amides is 2. The van der Waals surface area contributed by atoms with Crippen LogP contribution in [0.15, 0.2) is 48.5 Å². The lowest BCUT2D eigenvalue weighted by Crippen LogP contribution is -2.39. The first-order valence-electron chi connectivity index (χ1n) is 8.86. The highest BCUT2D eigenvalue weighted by Crippen LogP contribution is 2.31. The summed E-state index contributed by atoms with van der Waals surface area (Å²) in [6, 6.07) is 15.6. The molecule has 134 valence electrons. The Morgan fingerprint density at radius 3 is 2.85 bits per heavy atom. The Morgan fingerprint density at radius 2 is 2.08 bits per heavy atom. The van der Waals surface area contributed by atoms with Crippen LogP contribution in [0.2, 0.25) is 0 Å². The van der Waals surface area contributed by atoms with Gasteiger partial charge in [-0.3, -0.25) is 0 Å². The summed E-state index contributed by atoms with van der Waals surface area (Å²) in [6.07, 6.45) is 1.91. The van der Waals surface area contributed by atoms with E-state index in [0.717, 1.165) is 47.6 Å². The number of urea groups is 1. The predicted octanol–water partition coefficient (Wildman–Crippen LogP) is 3.62. The molecule has 1 aromatic heterocycles. The average molecular weight is 350 g/mol. The number of hydrogen-bond donors (Lipinski definition) is 2. The van der Waals surface area contributed by atoms with Crippen LogP contribution in [0.5, 0.6) is 5.75 Å². The molecule has 0 radical (unpaired) electrons. The Kier molecular flexibility index (Phi) is 4.48. The van der Waals surface area contributed by atoms with Gasteiger partial charge in [0.25, 0.3) is 0 Å². The first kappa shape index (κ1) is 16.4. The van der Waals surface area contributed by atoms with E-state index in [9.17, 15) is 4.79 Å². The second kappa shape index (κ2) is 7.07. The van der Waals surface area contributed by atoms with E-state index in [1.807, 2.05) is 53.4 Å². The van der Waals surface area contributed by atoms with Crippen molar-refractivity contribution in [2.75, 3.05) is 13.7 Å². The minimum Gasteiger partial charge on any atom is -0.497 e. The number of hydrogen-bond acceptors (Lipinski definition) is 3. The monoisotopic (exact) mass is 350 g/mol. The number of nitrogens with zero attached hydrogens (tertiary/aromatic N) is 2. The predicted molar refractivity (Wildman–Crippen MR) is 100 cm³/mol. The van der Waals surface area contributed by atoms with Gasteiger partial charge >= 0.3 is 6.03 Å². The molecule has 0 bridgehead atoms. The number of nitrogens with one attached hydrogen (secondary N) is 2. The molecule has 4 rings (SSSR count). The van der Waals surface area contributed by atoms with E-state index in [1.54, 1.807) is 7.11 Å². The van der Waals surface area contributed by atoms with Gasteiger partial charge in [-0.1, -0.05) is 24.3 Å². The molecule has 2 N–H and O–H groups in total. The van der Waals surface area contributed by atoms with Crippen molar-refractivity contribution in [1.82, 2.24) is 20.2 Å². The number of methoxy groups -OCH3 is 1. The van der Waals surface area contributed by atoms with Crippen molar-refractivity contribution in [1.29, 1.82) is 0 Å². The van der Waals surface area contributed by atoms with E-state index in [4.69, 9.17) is 4.74 Å². The Morgan fingerprint density at radius 1 is 1.27 bits per heavy atom. The normalized spacial score (nSPS) is 16.8. The summed E-state index contributed by atoms with van der Waals surface area (Å²) in [5, 5.41) is 3.02. The molecule has 1 aliphatic rings. The fourth-order valence-corrected chi connectivity index (χ4v) is 3.45. The van der Waals surface area contributed by atoms with Gasteiger partial charge in [-0.15, -0.1) is 0 Å². The fourth-order valence-electron chi connectivity index (χ4n) is 3.45. The summed E-state index contributed by atoms with van der Waals surface area (Å²) < 4.78 is 5.16. The Balaban J connectivity index is 1.44. The molecule has 6 heteroatoms. The number of aromatic nitrogens is 2. The van der Waals surface area contributed by atoms with Gasteiger partial charge in [0.15, 0.2) is 0 Å². The van der Waals surface area contributed by atoms with Gasteiger partial charge in [-0.2, -0.15) is 0 Å². The number of imidazole rings is 1. The molecule has 1 fully saturated rings. The third-order valence-electron chi connectivity index (χ3n) is 4.84. The standard InChI is InChI=1S/C20H22N4O2/c1-26-15-10-8-14(9-11-15)13-21-20(25)24-12-4-7-18(24)19-22-16-5-2-3-6-17(16)23-19/h2-3,5-6,8-11,18H,4,7,12-13H2,1H3,(H,21,25)(H,22,23)/t18-/m1/s1. The van der Waals surface area contributed by atoms with Gasteiger partial charge in [-0.25, -0.2) is 9.78 Å². The smallest absolute Gasteiger partial charge is 0.318 e. The van der Waals surface area contributed by atoms with Gasteiger partial charge in [0.2, 0.25) is 0 Å². The molecule has 0 unspecified atom stereocenters. The number of aromatic amines is 1. The topological polar surface area (TPSA) is 70.2 Å². The zero-order valence-corrected chi connectivity index (χ0v) is 14.7. The summed E-state index contributed by atoms with van der Waals surface area (Å²) >= 11 is 0. The van der Waals surface area contributed by atoms with Crippen molar-refractivity contribution in [3.05, 3.63) is 59.9 Å². The maximum atomic E-state index is 12.7. The third kappa shape index (κ3) is 3.22. The van der Waals surface area contributed by atoms with Gasteiger partial charge in [0.05, 0.1) is 24.2 Å². The highest BCUT2D eigenvalue weighted by atomic mass is 16.5. The summed E-state index contributed by atoms with van der Waals surface area (Å²) in [4.78, 5) is 22.6. The van der Waals surface area contributed by atoms with Gasteiger partial charge in [0.1, 0.15) is 11.6 Å². The quantitative estimate of drug-likeness (QED) is 0.755. The van der Waals surface area contributed by atoms with Crippen LogP contribution in [-0.2, 0) is 6.54 Å². The first-order chi connectivity index (χ1) is 12.7. The van der Waals surface area contributed by atoms with Crippen LogP contribution in [0.4, 0.5) is 4.79 Å². The number of benzene rings is 2. The van der Waals surface area contributed by atoms with Crippen LogP contribution in [-0.4, -0.2) is 34.6 Å². The molecule has 1 aliphatic heterocycles. The molecule has 3 aromatic rings. The maximum Gasteiger partial charge on any atom is 0.318 e. The van der Waals surface area contributed by atoms with Crippen molar-refractivity contribution in [3.8, 4) is 5.75 Å². The molecule has 0 saturated carbocycles. The number of rotatable bonds is 4. The van der Waals surface area contributed by atoms with E-state index in [2.05, 4.69) is 15.3 Å². The lowest BCUT2D eigenvalue weighted by molar-refractivity contribution is 0.191. The molecule has 2 aromatic carbocycles. The zero-order valence-electron chi connectivity index (χ0n) is 14.7. The minimum absolute atomic E-state index is 0.00160. The number of carbonyl (C=O) groups is 1. The maximum absolute atomic E-state index is 12.7. The second-order valence-corrected chi connectivity index (χ2v) is 6.50. The van der Waals surface area contributed by atoms with Crippen molar-refractivity contribution in [2.24, 2.45) is 0 Å². The van der Waals surface area contributed by atoms with Crippen LogP contribution in [0.1, 0.15) is 30.3 Å². The molecule has 2 amide bonds. The van der Waals surface area contributed by atoms with Crippen LogP contribution < -0.4 is 10.1 Å². The molecular formula is C20H22N4O2. The van der Waals surface area contributed by atoms with Gasteiger partial charge in [0, 0.05) is 13.1 Å². The van der Waals surface area contributed by atoms with Crippen molar-refractivity contribution in [2.45, 2.75) is 25.4 Å². The SMILES string of the molecule is COc1ccc(CNC(=O)N2CCC[C@@H]2c2nc3ccccc3[nH]2)cc1. The molecular weight excluding hydrogens is 328 g/mol. The highest BCUT2D eigenvalue weighted by Gasteiger charge is 2.32. The fraction of sp³-hybridized carbons (Fsp3) is 0.300. The summed E-state index contributed by atoms with van der Waals surface area (Å²) in [5.74, 6) is 1.67. The van der Waals surface area contributed by atoms with Crippen molar-refractivity contribution in [3.63, 3.8) is 0 Å². The lowest BCUT2D eigenvalue weighted by Gasteiger charge is -2.23. The number of carbonyl (C=O) groups excluding carboxylic acids is 1. The average Bonchev–Trinajstić information content (AvgIpc) is 3.32. The molecule has 0 aliphatic carbocycles. The Bertz CT molecular complexity index is 871. The Hall–Kier alpha value is -3.02. The van der Waals surface area contributed by atoms with Crippen LogP contribution in [0.25, 0.3) is 11.0 Å². The lowest BCUT2D eigenvalue weighted by atomic mass is 10.2. The van der Waals surface area contributed by atoms with Crippen LogP contribution >= 0.6 is 0 Å². The van der Waals surface area contributed by atoms with Gasteiger partial charge < -0.3 is 19.9 Å². The second-order valence-electron chi connectivity index (χ2n) is 6.50. The zero-order chi connectivity index (χ0) is 17.9. The van der Waals surface area contributed by atoms with Gasteiger partial charge in [-0.05, 0) is 42.7 Å². The number of ether oxygens (including phenoxy) is 1. The molecule has 26 heavy (non-hydrogen) atoms. The Labute approximate surface area is 152 Å². The van der Waals surface area contributed by atoms with E-state index < -0.39 is 0 Å². The number of fused-ring (bicyclic) bond motifs is 1. The number of H-pyrrole nitrogens is 1. The third-order valence-corrected chi connectivity index (χ3v) is 4.84. The van der Waals surface area contributed by atoms with E-state index in [-0.39, 0.29) is 12.1 Å². The number of likely N-dealkylation sites (tertiary alicyclic amines) is 1. The largest absolute Gasteiger partial charge is 0.497 e. The molecule has 1 atom stereocenters. The summed E-state index contributed by atoms with van der Waals surface area (Å²) in [6.45, 7) is 1.24. The highest BCUT2D eigenvalue weighted by molar-refractivity contribution is 5.77. The van der Waals surface area contributed by atoms with Crippen molar-refractivity contribution < 1.29 is 9.53 Å². The van der Waals surface area contributed by atoms with Crippen LogP contribution in [0, 0.1) is 0 Å². The molecule has 1 saturated heterocycles. The first-order valence-corrected chi connectivity index (χ1v) is 8.86. The van der Waals surface area contributed by atoms with Crippen molar-refractivity contribution >= 4 is 17.1 Å². The minimum atomic E-state index is -0.0521. The molecule has 0 spiro atoms. The molecule has 6 nitrogen and oxygen atoms in total. The van der Waals surface area contributed by atoms with E-state index >= 15 is 0 Å². The summed E-state index contributed by atoms with van der Waals surface area (Å²) in [5.41, 5.74) is 2.99. The summed E-state index contributed by atoms with van der Waals surface area (Å²) in [7, 11) is 1.64. The van der Waals surface area contributed by atoms with E-state index in [1.165, 1.54) is 0 Å². The molecule has 2 heterocycles. The number of para-hydroxylation sites is 2. The van der Waals surface area contributed by atoms with Crippen LogP contribution in [0.3, 0.4) is 0 Å². The van der Waals surface area contributed by atoms with E-state index in [0.29, 0.717) is 6.54 Å².